The molecule has 8 nitrogen and oxygen atoms in total. The summed E-state index contributed by atoms with van der Waals surface area (Å²) in [6.07, 6.45) is -3.83. The van der Waals surface area contributed by atoms with Crippen molar-refractivity contribution in [3.05, 3.63) is 40.7 Å². The Hall–Kier alpha value is -2.31. The Kier molecular flexibility index (Phi) is 6.51. The Labute approximate surface area is 188 Å². The fourth-order valence-electron chi connectivity index (χ4n) is 3.13. The molecule has 2 aromatic rings. The number of hydrogen-bond donors (Lipinski definition) is 1. The van der Waals surface area contributed by atoms with Crippen molar-refractivity contribution in [3.63, 3.8) is 0 Å². The maximum Gasteiger partial charge on any atom is 0.417 e. The quantitative estimate of drug-likeness (QED) is 0.700. The van der Waals surface area contributed by atoms with E-state index in [1.165, 1.54) is 17.0 Å². The van der Waals surface area contributed by atoms with Crippen LogP contribution in [0.4, 0.5) is 19.0 Å². The van der Waals surface area contributed by atoms with Crippen molar-refractivity contribution in [1.82, 2.24) is 14.6 Å². The van der Waals surface area contributed by atoms with Crippen molar-refractivity contribution in [2.45, 2.75) is 37.6 Å². The smallest absolute Gasteiger partial charge is 0.417 e. The first-order chi connectivity index (χ1) is 14.7. The van der Waals surface area contributed by atoms with Crippen LogP contribution in [0.2, 0.25) is 5.02 Å². The van der Waals surface area contributed by atoms with Crippen molar-refractivity contribution in [3.8, 4) is 0 Å². The van der Waals surface area contributed by atoms with Crippen molar-refractivity contribution in [1.29, 1.82) is 0 Å². The van der Waals surface area contributed by atoms with Gasteiger partial charge in [0.05, 0.1) is 10.6 Å². The lowest BCUT2D eigenvalue weighted by molar-refractivity contribution is -0.137. The third kappa shape index (κ3) is 5.54. The number of halogens is 4. The van der Waals surface area contributed by atoms with Crippen LogP contribution in [0.5, 0.6) is 0 Å². The summed E-state index contributed by atoms with van der Waals surface area (Å²) in [7, 11) is -3.92. The zero-order valence-corrected chi connectivity index (χ0v) is 19.1. The van der Waals surface area contributed by atoms with Gasteiger partial charge in [-0.25, -0.2) is 18.1 Å². The number of nitrogens with zero attached hydrogens (tertiary/aromatic N) is 3. The van der Waals surface area contributed by atoms with Gasteiger partial charge < -0.3 is 14.2 Å². The Morgan fingerprint density at radius 1 is 1.16 bits per heavy atom. The minimum absolute atomic E-state index is 0.126. The van der Waals surface area contributed by atoms with Crippen LogP contribution in [0.25, 0.3) is 0 Å². The molecule has 2 aromatic heterocycles. The van der Waals surface area contributed by atoms with Crippen molar-refractivity contribution >= 4 is 33.3 Å². The lowest BCUT2D eigenvalue weighted by Gasteiger charge is -2.35. The second-order valence-corrected chi connectivity index (χ2v) is 10.3. The van der Waals surface area contributed by atoms with E-state index in [4.69, 9.17) is 16.0 Å². The number of nitrogens with one attached hydrogen (secondary N) is 1. The molecule has 0 aliphatic carbocycles. The summed E-state index contributed by atoms with van der Waals surface area (Å²) in [6.45, 7) is 6.04. The van der Waals surface area contributed by atoms with Crippen LogP contribution in [0, 0.1) is 0 Å². The second kappa shape index (κ2) is 8.56. The summed E-state index contributed by atoms with van der Waals surface area (Å²) in [5.41, 5.74) is -1.66. The average Bonchev–Trinajstić information content (AvgIpc) is 3.16. The number of piperazine rings is 1. The van der Waals surface area contributed by atoms with Crippen LogP contribution < -0.4 is 9.62 Å². The van der Waals surface area contributed by atoms with Gasteiger partial charge in [0, 0.05) is 37.9 Å². The highest BCUT2D eigenvalue weighted by Gasteiger charge is 2.33. The number of sulfonamides is 1. The number of carbonyl (C=O) groups excluding carboxylic acids is 1. The zero-order valence-electron chi connectivity index (χ0n) is 17.5. The zero-order chi connectivity index (χ0) is 23.9. The van der Waals surface area contributed by atoms with Gasteiger partial charge in [-0.3, -0.25) is 4.79 Å². The lowest BCUT2D eigenvalue weighted by Crippen LogP contribution is -2.49. The molecule has 0 atom stereocenters. The van der Waals surface area contributed by atoms with E-state index in [9.17, 15) is 26.4 Å². The van der Waals surface area contributed by atoms with Gasteiger partial charge >= 0.3 is 6.18 Å². The molecule has 13 heteroatoms. The number of carbonyl (C=O) groups is 1. The van der Waals surface area contributed by atoms with Gasteiger partial charge in [-0.2, -0.15) is 13.2 Å². The molecule has 0 aromatic carbocycles. The first-order valence-corrected chi connectivity index (χ1v) is 11.4. The molecule has 32 heavy (non-hydrogen) atoms. The number of anilines is 1. The van der Waals surface area contributed by atoms with Gasteiger partial charge in [0.15, 0.2) is 5.76 Å². The minimum Gasteiger partial charge on any atom is -0.438 e. The molecule has 1 saturated heterocycles. The molecular weight excluding hydrogens is 473 g/mol. The summed E-state index contributed by atoms with van der Waals surface area (Å²) >= 11 is 5.99. The number of alkyl halides is 3. The van der Waals surface area contributed by atoms with Crippen LogP contribution in [0.3, 0.4) is 0 Å². The molecule has 0 spiro atoms. The molecule has 0 saturated carbocycles. The highest BCUT2D eigenvalue weighted by atomic mass is 35.5. The number of furan rings is 1. The standard InChI is InChI=1S/C19H22ClF3N4O4S/c1-18(2,3)25-32(29,30)15-5-4-14(31-15)17(28)27-8-6-26(7-9-27)16-13(20)10-12(11-24-16)19(21,22)23/h4-5,10-11,25H,6-9H2,1-3H3. The second-order valence-electron chi connectivity index (χ2n) is 8.28. The van der Waals surface area contributed by atoms with Crippen LogP contribution in [0.15, 0.2) is 33.9 Å². The maximum atomic E-state index is 12.8. The molecule has 1 amide bonds. The van der Waals surface area contributed by atoms with Gasteiger partial charge in [0.1, 0.15) is 5.82 Å². The van der Waals surface area contributed by atoms with E-state index in [2.05, 4.69) is 9.71 Å². The normalized spacial score (nSPS) is 15.8. The van der Waals surface area contributed by atoms with Gasteiger partial charge in [0.25, 0.3) is 15.9 Å². The molecule has 1 aliphatic rings. The van der Waals surface area contributed by atoms with E-state index >= 15 is 0 Å². The largest absolute Gasteiger partial charge is 0.438 e. The predicted octanol–water partition coefficient (Wildman–Crippen LogP) is 3.39. The molecule has 0 unspecified atom stereocenters. The van der Waals surface area contributed by atoms with E-state index in [1.807, 2.05) is 0 Å². The van der Waals surface area contributed by atoms with Gasteiger partial charge in [-0.1, -0.05) is 11.6 Å². The average molecular weight is 495 g/mol. The van der Waals surface area contributed by atoms with E-state index in [0.29, 0.717) is 0 Å². The number of amides is 1. The molecule has 3 heterocycles. The Morgan fingerprint density at radius 3 is 2.31 bits per heavy atom. The van der Waals surface area contributed by atoms with Crippen LogP contribution in [-0.4, -0.2) is 55.9 Å². The molecule has 0 bridgehead atoms. The molecule has 0 radical (unpaired) electrons. The van der Waals surface area contributed by atoms with Crippen molar-refractivity contribution in [2.75, 3.05) is 31.1 Å². The number of rotatable bonds is 4. The third-order valence-corrected chi connectivity index (χ3v) is 6.42. The van der Waals surface area contributed by atoms with Crippen LogP contribution >= 0.6 is 11.6 Å². The highest BCUT2D eigenvalue weighted by Crippen LogP contribution is 2.33. The molecular formula is C19H22ClF3N4O4S. The van der Waals surface area contributed by atoms with Crippen molar-refractivity contribution < 1.29 is 30.8 Å². The summed E-state index contributed by atoms with van der Waals surface area (Å²) in [5.74, 6) is -0.418. The maximum absolute atomic E-state index is 12.8. The monoisotopic (exact) mass is 494 g/mol. The highest BCUT2D eigenvalue weighted by molar-refractivity contribution is 7.89. The number of aromatic nitrogens is 1. The Morgan fingerprint density at radius 2 is 1.78 bits per heavy atom. The fourth-order valence-corrected chi connectivity index (χ4v) is 4.77. The summed E-state index contributed by atoms with van der Waals surface area (Å²) in [5, 5.41) is -0.498. The third-order valence-electron chi connectivity index (χ3n) is 4.51. The predicted molar refractivity (Wildman–Crippen MR) is 111 cm³/mol. The van der Waals surface area contributed by atoms with Crippen LogP contribution in [0.1, 0.15) is 36.9 Å². The SMILES string of the molecule is CC(C)(C)NS(=O)(=O)c1ccc(C(=O)N2CCN(c3ncc(C(F)(F)F)cc3Cl)CC2)o1. The Bertz CT molecular complexity index is 1100. The first kappa shape index (κ1) is 24.3. The lowest BCUT2D eigenvalue weighted by atomic mass is 10.1. The first-order valence-electron chi connectivity index (χ1n) is 9.58. The van der Waals surface area contributed by atoms with Crippen molar-refractivity contribution in [2.24, 2.45) is 0 Å². The summed E-state index contributed by atoms with van der Waals surface area (Å²) < 4.78 is 70.8. The van der Waals surface area contributed by atoms with Gasteiger partial charge in [-0.05, 0) is 39.0 Å². The van der Waals surface area contributed by atoms with E-state index in [0.717, 1.165) is 12.3 Å². The minimum atomic E-state index is -4.54. The fraction of sp³-hybridized carbons (Fsp3) is 0.474. The topological polar surface area (TPSA) is 95.8 Å². The number of hydrogen-bond acceptors (Lipinski definition) is 6. The molecule has 176 valence electrons. The van der Waals surface area contributed by atoms with Gasteiger partial charge in [-0.15, -0.1) is 0 Å². The molecule has 1 aliphatic heterocycles. The van der Waals surface area contributed by atoms with E-state index in [1.54, 1.807) is 25.7 Å². The Balaban J connectivity index is 1.66. The van der Waals surface area contributed by atoms with Gasteiger partial charge in [0.2, 0.25) is 5.09 Å². The molecule has 3 rings (SSSR count). The van der Waals surface area contributed by atoms with Crippen LogP contribution in [-0.2, 0) is 16.2 Å². The summed E-state index contributed by atoms with van der Waals surface area (Å²) in [4.78, 5) is 19.7. The van der Waals surface area contributed by atoms with E-state index < -0.39 is 33.2 Å². The summed E-state index contributed by atoms with van der Waals surface area (Å²) in [6, 6.07) is 3.32. The number of pyridine rings is 1. The molecule has 1 fully saturated rings. The molecule has 1 N–H and O–H groups in total. The van der Waals surface area contributed by atoms with E-state index in [-0.39, 0.29) is 47.9 Å².